The molecule has 1 atom stereocenters. The first-order valence-corrected chi connectivity index (χ1v) is 12.4. The second kappa shape index (κ2) is 9.95. The number of hydrogen-bond donors (Lipinski definition) is 1. The summed E-state index contributed by atoms with van der Waals surface area (Å²) in [5.74, 6) is 0.397. The molecule has 8 heteroatoms. The highest BCUT2D eigenvalue weighted by molar-refractivity contribution is 5.78. The highest BCUT2D eigenvalue weighted by Gasteiger charge is 2.30. The number of aromatic nitrogens is 2. The summed E-state index contributed by atoms with van der Waals surface area (Å²) in [7, 11) is 1.35. The Hall–Kier alpha value is -3.36. The van der Waals surface area contributed by atoms with Gasteiger partial charge < -0.3 is 24.2 Å². The minimum absolute atomic E-state index is 0.144. The lowest BCUT2D eigenvalue weighted by molar-refractivity contribution is -0.166. The van der Waals surface area contributed by atoms with Gasteiger partial charge in [-0.1, -0.05) is 24.3 Å². The van der Waals surface area contributed by atoms with Crippen molar-refractivity contribution in [1.82, 2.24) is 9.78 Å². The Morgan fingerprint density at radius 2 is 1.86 bits per heavy atom. The highest BCUT2D eigenvalue weighted by Crippen LogP contribution is 2.34. The maximum absolute atomic E-state index is 12.1. The second-order valence-electron chi connectivity index (χ2n) is 9.95. The minimum atomic E-state index is -1.10. The molecule has 1 saturated carbocycles. The molecular formula is C28H33N3O5. The van der Waals surface area contributed by atoms with Crippen molar-refractivity contribution in [2.24, 2.45) is 0 Å². The maximum Gasteiger partial charge on any atom is 0.337 e. The van der Waals surface area contributed by atoms with E-state index in [2.05, 4.69) is 11.0 Å². The number of carbonyl (C=O) groups is 1. The van der Waals surface area contributed by atoms with Gasteiger partial charge in [-0.3, -0.25) is 0 Å². The summed E-state index contributed by atoms with van der Waals surface area (Å²) in [5, 5.41) is 15.1. The molecule has 0 radical (unpaired) electrons. The number of esters is 1. The quantitative estimate of drug-likeness (QED) is 0.451. The zero-order valence-electron chi connectivity index (χ0n) is 21.0. The molecule has 2 heterocycles. The van der Waals surface area contributed by atoms with E-state index in [1.807, 2.05) is 53.2 Å². The number of β-amino-alcohol motifs (C(OH)–C–C–N with tert-alkyl or cyclic N) is 1. The summed E-state index contributed by atoms with van der Waals surface area (Å²) in [4.78, 5) is 14.3. The van der Waals surface area contributed by atoms with Crippen LogP contribution in [0.3, 0.4) is 0 Å². The van der Waals surface area contributed by atoms with Gasteiger partial charge in [-0.2, -0.15) is 5.10 Å². The van der Waals surface area contributed by atoms with E-state index in [4.69, 9.17) is 19.3 Å². The molecule has 2 fully saturated rings. The monoisotopic (exact) mass is 491 g/mol. The summed E-state index contributed by atoms with van der Waals surface area (Å²) in [6.45, 7) is 4.88. The maximum atomic E-state index is 12.1. The molecular weight excluding hydrogens is 458 g/mol. The van der Waals surface area contributed by atoms with Gasteiger partial charge >= 0.3 is 5.97 Å². The van der Waals surface area contributed by atoms with Crippen LogP contribution in [-0.2, 0) is 20.9 Å². The van der Waals surface area contributed by atoms with E-state index >= 15 is 0 Å². The van der Waals surface area contributed by atoms with Crippen LogP contribution in [0.4, 0.5) is 5.69 Å². The van der Waals surface area contributed by atoms with Gasteiger partial charge in [0, 0.05) is 18.7 Å². The molecule has 1 aromatic heterocycles. The van der Waals surface area contributed by atoms with Crippen LogP contribution in [0.5, 0.6) is 5.75 Å². The van der Waals surface area contributed by atoms with Crippen molar-refractivity contribution in [3.63, 3.8) is 0 Å². The number of para-hydroxylation sites is 2. The van der Waals surface area contributed by atoms with Gasteiger partial charge in [-0.15, -0.1) is 0 Å². The average Bonchev–Trinajstić information content (AvgIpc) is 3.42. The van der Waals surface area contributed by atoms with E-state index in [-0.39, 0.29) is 12.7 Å². The van der Waals surface area contributed by atoms with E-state index in [9.17, 15) is 9.90 Å². The van der Waals surface area contributed by atoms with Crippen molar-refractivity contribution in [2.45, 2.75) is 57.5 Å². The third-order valence-corrected chi connectivity index (χ3v) is 6.59. The van der Waals surface area contributed by atoms with Gasteiger partial charge in [0.05, 0.1) is 48.7 Å². The molecule has 2 aromatic carbocycles. The fraction of sp³-hybridized carbons (Fsp3) is 0.429. The number of carbonyl (C=O) groups excluding carboxylic acids is 1. The standard InChI is InChI=1S/C28H33N3O5/c1-28(2,27(33)34-3)35-18-20-16-26(19-7-6-8-23(15-19)36-22-11-12-22)31(29-20)25-10-5-4-9-24(25)30-14-13-21(32)17-30/h4-10,15-16,21-22,32H,11-14,17-18H2,1-3H3/t21-/m0/s1. The molecule has 1 aliphatic carbocycles. The van der Waals surface area contributed by atoms with Crippen molar-refractivity contribution in [3.8, 4) is 22.7 Å². The Bertz CT molecular complexity index is 1230. The van der Waals surface area contributed by atoms with Crippen molar-refractivity contribution in [2.75, 3.05) is 25.1 Å². The van der Waals surface area contributed by atoms with Crippen LogP contribution in [0, 0.1) is 0 Å². The van der Waals surface area contributed by atoms with Gasteiger partial charge in [-0.05, 0) is 63.4 Å². The van der Waals surface area contributed by atoms with E-state index in [0.717, 1.165) is 54.2 Å². The molecule has 0 spiro atoms. The van der Waals surface area contributed by atoms with Gasteiger partial charge in [-0.25, -0.2) is 9.48 Å². The summed E-state index contributed by atoms with van der Waals surface area (Å²) < 4.78 is 18.8. The van der Waals surface area contributed by atoms with E-state index in [1.165, 1.54) is 7.11 Å². The van der Waals surface area contributed by atoms with Crippen LogP contribution in [-0.4, -0.2) is 58.9 Å². The van der Waals surface area contributed by atoms with E-state index in [1.54, 1.807) is 13.8 Å². The smallest absolute Gasteiger partial charge is 0.337 e. The van der Waals surface area contributed by atoms with E-state index < -0.39 is 11.6 Å². The number of nitrogens with zero attached hydrogens (tertiary/aromatic N) is 3. The van der Waals surface area contributed by atoms with Crippen LogP contribution < -0.4 is 9.64 Å². The molecule has 190 valence electrons. The molecule has 0 bridgehead atoms. The zero-order chi connectivity index (χ0) is 25.3. The number of rotatable bonds is 9. The molecule has 0 amide bonds. The fourth-order valence-corrected chi connectivity index (χ4v) is 4.43. The van der Waals surface area contributed by atoms with Gasteiger partial charge in [0.1, 0.15) is 5.75 Å². The number of methoxy groups -OCH3 is 1. The number of benzene rings is 2. The normalized spacial score (nSPS) is 17.9. The molecule has 2 aliphatic rings. The SMILES string of the molecule is COC(=O)C(C)(C)OCc1cc(-c2cccc(OC3CC3)c2)n(-c2ccccc2N2CC[C@H](O)C2)n1. The summed E-state index contributed by atoms with van der Waals surface area (Å²) in [6, 6.07) is 18.1. The van der Waals surface area contributed by atoms with Crippen LogP contribution >= 0.6 is 0 Å². The molecule has 8 nitrogen and oxygen atoms in total. The van der Waals surface area contributed by atoms with Crippen molar-refractivity contribution in [3.05, 3.63) is 60.3 Å². The molecule has 1 N–H and O–H groups in total. The van der Waals surface area contributed by atoms with Gasteiger partial charge in [0.25, 0.3) is 0 Å². The fourth-order valence-electron chi connectivity index (χ4n) is 4.43. The second-order valence-corrected chi connectivity index (χ2v) is 9.95. The third kappa shape index (κ3) is 5.24. The van der Waals surface area contributed by atoms with Crippen LogP contribution in [0.1, 0.15) is 38.8 Å². The minimum Gasteiger partial charge on any atom is -0.490 e. The molecule has 1 aliphatic heterocycles. The lowest BCUT2D eigenvalue weighted by Crippen LogP contribution is -2.35. The first-order chi connectivity index (χ1) is 17.3. The molecule has 3 aromatic rings. The predicted octanol–water partition coefficient (Wildman–Crippen LogP) is 4.12. The van der Waals surface area contributed by atoms with Crippen molar-refractivity contribution < 1.29 is 24.1 Å². The number of aliphatic hydroxyl groups is 1. The summed E-state index contributed by atoms with van der Waals surface area (Å²) in [5.41, 5.74) is 3.36. The topological polar surface area (TPSA) is 86.1 Å². The molecule has 0 unspecified atom stereocenters. The van der Waals surface area contributed by atoms with Crippen LogP contribution in [0.25, 0.3) is 16.9 Å². The first kappa shape index (κ1) is 24.3. The van der Waals surface area contributed by atoms with Crippen LogP contribution in [0.2, 0.25) is 0 Å². The first-order valence-electron chi connectivity index (χ1n) is 12.4. The zero-order valence-corrected chi connectivity index (χ0v) is 21.0. The van der Waals surface area contributed by atoms with Crippen molar-refractivity contribution >= 4 is 11.7 Å². The Labute approximate surface area is 211 Å². The van der Waals surface area contributed by atoms with Gasteiger partial charge in [0.2, 0.25) is 0 Å². The number of ether oxygens (including phenoxy) is 3. The van der Waals surface area contributed by atoms with E-state index in [0.29, 0.717) is 18.3 Å². The number of anilines is 1. The molecule has 36 heavy (non-hydrogen) atoms. The molecule has 1 saturated heterocycles. The Morgan fingerprint density at radius 1 is 1.08 bits per heavy atom. The number of aliphatic hydroxyl groups excluding tert-OH is 1. The lowest BCUT2D eigenvalue weighted by atomic mass is 10.1. The Morgan fingerprint density at radius 3 is 2.56 bits per heavy atom. The molecule has 5 rings (SSSR count). The number of hydrogen-bond acceptors (Lipinski definition) is 7. The summed E-state index contributed by atoms with van der Waals surface area (Å²) in [6.07, 6.45) is 2.89. The summed E-state index contributed by atoms with van der Waals surface area (Å²) >= 11 is 0. The third-order valence-electron chi connectivity index (χ3n) is 6.59. The highest BCUT2D eigenvalue weighted by atomic mass is 16.6. The predicted molar refractivity (Wildman–Crippen MR) is 136 cm³/mol. The largest absolute Gasteiger partial charge is 0.490 e. The van der Waals surface area contributed by atoms with Crippen molar-refractivity contribution in [1.29, 1.82) is 0 Å². The lowest BCUT2D eigenvalue weighted by Gasteiger charge is -2.22. The Balaban J connectivity index is 1.53. The van der Waals surface area contributed by atoms with Gasteiger partial charge in [0.15, 0.2) is 5.60 Å². The average molecular weight is 492 g/mol. The van der Waals surface area contributed by atoms with Crippen LogP contribution in [0.15, 0.2) is 54.6 Å². The Kier molecular flexibility index (Phi) is 6.73.